The van der Waals surface area contributed by atoms with Crippen molar-refractivity contribution in [2.75, 3.05) is 31.1 Å². The van der Waals surface area contributed by atoms with Gasteiger partial charge in [-0.25, -0.2) is 0 Å². The number of pyridine rings is 1. The predicted octanol–water partition coefficient (Wildman–Crippen LogP) is 4.01. The van der Waals surface area contributed by atoms with Crippen LogP contribution in [0.15, 0.2) is 48.7 Å². The quantitative estimate of drug-likeness (QED) is 0.827. The first-order chi connectivity index (χ1) is 13.1. The molecular weight excluding hydrogens is 334 g/mol. The normalized spacial score (nSPS) is 22.3. The van der Waals surface area contributed by atoms with Gasteiger partial charge in [-0.05, 0) is 56.2 Å². The molecule has 2 aromatic rings. The highest BCUT2D eigenvalue weighted by Gasteiger charge is 2.45. The SMILES string of the molecule is CCN1CC2(CCN(c3ccnc(C)c3)CC2)C[C@H](c2ccccc2)C1=O. The van der Waals surface area contributed by atoms with Crippen LogP contribution in [0.5, 0.6) is 0 Å². The average molecular weight is 364 g/mol. The number of likely N-dealkylation sites (tertiary alicyclic amines) is 1. The summed E-state index contributed by atoms with van der Waals surface area (Å²) in [4.78, 5) is 21.9. The van der Waals surface area contributed by atoms with Gasteiger partial charge in [-0.1, -0.05) is 30.3 Å². The molecule has 2 aliphatic heterocycles. The maximum atomic E-state index is 13.0. The van der Waals surface area contributed by atoms with E-state index in [4.69, 9.17) is 0 Å². The fourth-order valence-electron chi connectivity index (χ4n) is 4.83. The number of rotatable bonds is 3. The zero-order valence-corrected chi connectivity index (χ0v) is 16.4. The third-order valence-corrected chi connectivity index (χ3v) is 6.43. The molecule has 1 aromatic carbocycles. The van der Waals surface area contributed by atoms with Crippen molar-refractivity contribution in [1.82, 2.24) is 9.88 Å². The van der Waals surface area contributed by atoms with Gasteiger partial charge in [0.25, 0.3) is 0 Å². The molecule has 4 rings (SSSR count). The van der Waals surface area contributed by atoms with Crippen molar-refractivity contribution >= 4 is 11.6 Å². The molecule has 1 spiro atoms. The van der Waals surface area contributed by atoms with Gasteiger partial charge in [0.05, 0.1) is 5.92 Å². The van der Waals surface area contributed by atoms with Gasteiger partial charge >= 0.3 is 0 Å². The third-order valence-electron chi connectivity index (χ3n) is 6.43. The van der Waals surface area contributed by atoms with Gasteiger partial charge in [0.1, 0.15) is 0 Å². The van der Waals surface area contributed by atoms with Crippen LogP contribution in [0.1, 0.15) is 43.4 Å². The van der Waals surface area contributed by atoms with E-state index in [0.717, 1.165) is 51.1 Å². The molecule has 3 heterocycles. The summed E-state index contributed by atoms with van der Waals surface area (Å²) in [7, 11) is 0. The number of carbonyl (C=O) groups is 1. The number of nitrogens with zero attached hydrogens (tertiary/aromatic N) is 3. The summed E-state index contributed by atoms with van der Waals surface area (Å²) in [6.07, 6.45) is 5.16. The Labute approximate surface area is 162 Å². The second-order valence-corrected chi connectivity index (χ2v) is 8.16. The summed E-state index contributed by atoms with van der Waals surface area (Å²) < 4.78 is 0. The van der Waals surface area contributed by atoms with E-state index in [0.29, 0.717) is 5.91 Å². The van der Waals surface area contributed by atoms with Crippen molar-refractivity contribution in [3.8, 4) is 0 Å². The number of aryl methyl sites for hydroxylation is 1. The lowest BCUT2D eigenvalue weighted by Crippen LogP contribution is -2.54. The first-order valence-electron chi connectivity index (χ1n) is 10.1. The van der Waals surface area contributed by atoms with Crippen LogP contribution in [0.2, 0.25) is 0 Å². The zero-order valence-electron chi connectivity index (χ0n) is 16.4. The van der Waals surface area contributed by atoms with Crippen molar-refractivity contribution in [2.24, 2.45) is 5.41 Å². The van der Waals surface area contributed by atoms with Crippen molar-refractivity contribution in [3.05, 3.63) is 59.9 Å². The standard InChI is InChI=1S/C23H29N3O/c1-3-25-17-23(16-21(22(25)27)19-7-5-4-6-8-19)10-13-26(14-11-23)20-9-12-24-18(2)15-20/h4-9,12,15,21H,3,10-11,13-14,16-17H2,1-2H3/t21-/m1/s1. The molecule has 27 heavy (non-hydrogen) atoms. The van der Waals surface area contributed by atoms with Crippen molar-refractivity contribution in [3.63, 3.8) is 0 Å². The van der Waals surface area contributed by atoms with Gasteiger partial charge in [-0.3, -0.25) is 9.78 Å². The van der Waals surface area contributed by atoms with E-state index in [9.17, 15) is 4.79 Å². The van der Waals surface area contributed by atoms with Crippen LogP contribution >= 0.6 is 0 Å². The third kappa shape index (κ3) is 3.58. The van der Waals surface area contributed by atoms with Crippen LogP contribution < -0.4 is 4.90 Å². The van der Waals surface area contributed by atoms with E-state index in [2.05, 4.69) is 58.1 Å². The molecule has 0 saturated carbocycles. The molecule has 0 bridgehead atoms. The highest BCUT2D eigenvalue weighted by Crippen LogP contribution is 2.46. The Kier molecular flexibility index (Phi) is 4.90. The second kappa shape index (κ2) is 7.34. The lowest BCUT2D eigenvalue weighted by atomic mass is 9.67. The van der Waals surface area contributed by atoms with Gasteiger partial charge < -0.3 is 9.80 Å². The van der Waals surface area contributed by atoms with E-state index in [1.54, 1.807) is 0 Å². The summed E-state index contributed by atoms with van der Waals surface area (Å²) in [6.45, 7) is 7.97. The molecule has 2 fully saturated rings. The molecule has 0 aliphatic carbocycles. The number of likely N-dealkylation sites (N-methyl/N-ethyl adjacent to an activating group) is 1. The fourth-order valence-corrected chi connectivity index (χ4v) is 4.83. The molecule has 4 nitrogen and oxygen atoms in total. The highest BCUT2D eigenvalue weighted by molar-refractivity contribution is 5.84. The van der Waals surface area contributed by atoms with Crippen molar-refractivity contribution < 1.29 is 4.79 Å². The molecule has 1 amide bonds. The Morgan fingerprint density at radius 2 is 1.89 bits per heavy atom. The summed E-state index contributed by atoms with van der Waals surface area (Å²) in [5.74, 6) is 0.316. The van der Waals surface area contributed by atoms with E-state index in [1.807, 2.05) is 19.2 Å². The highest BCUT2D eigenvalue weighted by atomic mass is 16.2. The van der Waals surface area contributed by atoms with Crippen LogP contribution in [-0.4, -0.2) is 42.0 Å². The van der Waals surface area contributed by atoms with Crippen LogP contribution in [-0.2, 0) is 4.79 Å². The van der Waals surface area contributed by atoms with Gasteiger partial charge in [-0.2, -0.15) is 0 Å². The molecule has 0 unspecified atom stereocenters. The monoisotopic (exact) mass is 363 g/mol. The molecule has 0 radical (unpaired) electrons. The molecule has 0 N–H and O–H groups in total. The van der Waals surface area contributed by atoms with E-state index >= 15 is 0 Å². The fraction of sp³-hybridized carbons (Fsp3) is 0.478. The molecular formula is C23H29N3O. The number of anilines is 1. The molecule has 142 valence electrons. The van der Waals surface area contributed by atoms with Crippen molar-refractivity contribution in [1.29, 1.82) is 0 Å². The lowest BCUT2D eigenvalue weighted by molar-refractivity contribution is -0.140. The molecule has 1 atom stereocenters. The Bertz CT molecular complexity index is 796. The van der Waals surface area contributed by atoms with E-state index in [1.165, 1.54) is 11.3 Å². The minimum Gasteiger partial charge on any atom is -0.371 e. The lowest BCUT2D eigenvalue weighted by Gasteiger charge is -2.50. The second-order valence-electron chi connectivity index (χ2n) is 8.16. The average Bonchev–Trinajstić information content (AvgIpc) is 2.71. The summed E-state index contributed by atoms with van der Waals surface area (Å²) in [5, 5.41) is 0. The van der Waals surface area contributed by atoms with Crippen LogP contribution in [0, 0.1) is 12.3 Å². The number of hydrogen-bond donors (Lipinski definition) is 0. The zero-order chi connectivity index (χ0) is 18.9. The number of piperidine rings is 2. The van der Waals surface area contributed by atoms with Crippen LogP contribution in [0.25, 0.3) is 0 Å². The van der Waals surface area contributed by atoms with Crippen LogP contribution in [0.3, 0.4) is 0 Å². The maximum Gasteiger partial charge on any atom is 0.230 e. The van der Waals surface area contributed by atoms with E-state index in [-0.39, 0.29) is 11.3 Å². The minimum atomic E-state index is 0.00891. The number of aromatic nitrogens is 1. The van der Waals surface area contributed by atoms with Gasteiger partial charge in [0.15, 0.2) is 0 Å². The maximum absolute atomic E-state index is 13.0. The number of amides is 1. The van der Waals surface area contributed by atoms with Gasteiger partial charge in [-0.15, -0.1) is 0 Å². The first-order valence-corrected chi connectivity index (χ1v) is 10.1. The minimum absolute atomic E-state index is 0.00891. The van der Waals surface area contributed by atoms with Gasteiger partial charge in [0, 0.05) is 43.8 Å². The van der Waals surface area contributed by atoms with Crippen LogP contribution in [0.4, 0.5) is 5.69 Å². The molecule has 4 heteroatoms. The Morgan fingerprint density at radius 1 is 1.15 bits per heavy atom. The molecule has 2 aliphatic rings. The molecule has 1 aromatic heterocycles. The smallest absolute Gasteiger partial charge is 0.230 e. The number of hydrogen-bond acceptors (Lipinski definition) is 3. The summed E-state index contributed by atoms with van der Waals surface area (Å²) >= 11 is 0. The van der Waals surface area contributed by atoms with E-state index < -0.39 is 0 Å². The summed E-state index contributed by atoms with van der Waals surface area (Å²) in [6, 6.07) is 14.6. The Morgan fingerprint density at radius 3 is 2.56 bits per heavy atom. The number of benzene rings is 1. The predicted molar refractivity (Wildman–Crippen MR) is 109 cm³/mol. The van der Waals surface area contributed by atoms with Crippen molar-refractivity contribution in [2.45, 2.75) is 39.0 Å². The Balaban J connectivity index is 1.53. The molecule has 2 saturated heterocycles. The van der Waals surface area contributed by atoms with Gasteiger partial charge in [0.2, 0.25) is 5.91 Å². The topological polar surface area (TPSA) is 36.4 Å². The Hall–Kier alpha value is -2.36. The largest absolute Gasteiger partial charge is 0.371 e. The first kappa shape index (κ1) is 18.0. The number of carbonyl (C=O) groups excluding carboxylic acids is 1. The summed E-state index contributed by atoms with van der Waals surface area (Å²) in [5.41, 5.74) is 3.75.